The van der Waals surface area contributed by atoms with E-state index in [1.165, 1.54) is 12.8 Å². The van der Waals surface area contributed by atoms with Crippen molar-refractivity contribution in [3.8, 4) is 0 Å². The number of epoxide rings is 1. The molecule has 1 nitrogen and oxygen atoms in total. The number of rotatable bonds is 0. The van der Waals surface area contributed by atoms with Gasteiger partial charge in [0.15, 0.2) is 0 Å². The molecule has 0 aromatic heterocycles. The number of ether oxygens (including phenoxy) is 1. The van der Waals surface area contributed by atoms with Gasteiger partial charge in [0, 0.05) is 0 Å². The van der Waals surface area contributed by atoms with Gasteiger partial charge in [-0.05, 0) is 36.5 Å². The lowest BCUT2D eigenvalue weighted by molar-refractivity contribution is 0.192. The molecule has 4 aliphatic rings. The van der Waals surface area contributed by atoms with Crippen molar-refractivity contribution in [3.05, 3.63) is 12.2 Å². The van der Waals surface area contributed by atoms with Crippen LogP contribution >= 0.6 is 0 Å². The van der Waals surface area contributed by atoms with Gasteiger partial charge >= 0.3 is 0 Å². The maximum absolute atomic E-state index is 5.59. The van der Waals surface area contributed by atoms with Gasteiger partial charge in [0.05, 0.1) is 12.2 Å². The zero-order chi connectivity index (χ0) is 7.00. The van der Waals surface area contributed by atoms with E-state index in [0.29, 0.717) is 12.2 Å². The average molecular weight is 148 g/mol. The molecule has 58 valence electrons. The van der Waals surface area contributed by atoms with Gasteiger partial charge in [-0.1, -0.05) is 12.2 Å². The molecule has 0 N–H and O–H groups in total. The molecular formula is C10H12O. The second kappa shape index (κ2) is 1.42. The van der Waals surface area contributed by atoms with Gasteiger partial charge in [-0.25, -0.2) is 0 Å². The summed E-state index contributed by atoms with van der Waals surface area (Å²) in [4.78, 5) is 0. The summed E-state index contributed by atoms with van der Waals surface area (Å²) in [6, 6.07) is 0. The van der Waals surface area contributed by atoms with Gasteiger partial charge in [-0.3, -0.25) is 0 Å². The molecule has 3 aliphatic carbocycles. The quantitative estimate of drug-likeness (QED) is 0.375. The molecule has 0 amide bonds. The molecule has 1 saturated heterocycles. The Labute approximate surface area is 66.4 Å². The van der Waals surface area contributed by atoms with Crippen LogP contribution in [0.1, 0.15) is 12.8 Å². The molecule has 0 spiro atoms. The van der Waals surface area contributed by atoms with Crippen LogP contribution in [0.4, 0.5) is 0 Å². The van der Waals surface area contributed by atoms with E-state index in [2.05, 4.69) is 12.2 Å². The molecule has 1 heterocycles. The summed E-state index contributed by atoms with van der Waals surface area (Å²) >= 11 is 0. The molecular weight excluding hydrogens is 136 g/mol. The Balaban J connectivity index is 1.81. The Kier molecular flexibility index (Phi) is 0.695. The molecule has 1 heteroatoms. The standard InChI is InChI=1S/C10H12O/c1-2-6-3-5(1)7-4-8-10(11-8)9(6)7/h1-2,5-10H,3-4H2/t5-,6-,7-,8-,9+,10+/m0/s1. The minimum absolute atomic E-state index is 0.690. The first kappa shape index (κ1) is 5.36. The molecule has 3 fully saturated rings. The highest BCUT2D eigenvalue weighted by molar-refractivity contribution is 5.21. The summed E-state index contributed by atoms with van der Waals surface area (Å²) < 4.78 is 5.59. The van der Waals surface area contributed by atoms with Crippen LogP contribution in [0.2, 0.25) is 0 Å². The molecule has 1 aliphatic heterocycles. The number of hydrogen-bond acceptors (Lipinski definition) is 1. The number of fused-ring (bicyclic) bond motifs is 7. The van der Waals surface area contributed by atoms with Crippen LogP contribution in [-0.2, 0) is 4.74 Å². The Morgan fingerprint density at radius 2 is 2.00 bits per heavy atom. The average Bonchev–Trinajstić information content (AvgIpc) is 2.53. The van der Waals surface area contributed by atoms with E-state index in [9.17, 15) is 0 Å². The predicted octanol–water partition coefficient (Wildman–Crippen LogP) is 1.60. The summed E-state index contributed by atoms with van der Waals surface area (Å²) in [6.45, 7) is 0. The summed E-state index contributed by atoms with van der Waals surface area (Å²) in [5.41, 5.74) is 0. The molecule has 0 unspecified atom stereocenters. The van der Waals surface area contributed by atoms with Gasteiger partial charge in [-0.2, -0.15) is 0 Å². The van der Waals surface area contributed by atoms with Crippen LogP contribution in [-0.4, -0.2) is 12.2 Å². The van der Waals surface area contributed by atoms with E-state index in [1.807, 2.05) is 0 Å². The van der Waals surface area contributed by atoms with Crippen molar-refractivity contribution in [1.29, 1.82) is 0 Å². The number of allylic oxidation sites excluding steroid dienone is 2. The van der Waals surface area contributed by atoms with E-state index < -0.39 is 0 Å². The Hall–Kier alpha value is -0.300. The Morgan fingerprint density at radius 1 is 1.09 bits per heavy atom. The maximum Gasteiger partial charge on any atom is 0.0878 e. The van der Waals surface area contributed by atoms with Crippen LogP contribution < -0.4 is 0 Å². The van der Waals surface area contributed by atoms with E-state index in [4.69, 9.17) is 4.74 Å². The van der Waals surface area contributed by atoms with E-state index in [1.54, 1.807) is 0 Å². The fourth-order valence-electron chi connectivity index (χ4n) is 3.73. The van der Waals surface area contributed by atoms with E-state index in [-0.39, 0.29) is 0 Å². The molecule has 0 aromatic rings. The zero-order valence-corrected chi connectivity index (χ0v) is 6.44. The lowest BCUT2D eigenvalue weighted by Gasteiger charge is -2.21. The highest BCUT2D eigenvalue weighted by Gasteiger charge is 2.62. The van der Waals surface area contributed by atoms with Crippen molar-refractivity contribution >= 4 is 0 Å². The first-order valence-electron chi connectivity index (χ1n) is 4.77. The fourth-order valence-corrected chi connectivity index (χ4v) is 3.73. The van der Waals surface area contributed by atoms with Gasteiger partial charge < -0.3 is 4.74 Å². The van der Waals surface area contributed by atoms with Crippen LogP contribution in [0.25, 0.3) is 0 Å². The largest absolute Gasteiger partial charge is 0.369 e. The van der Waals surface area contributed by atoms with Crippen LogP contribution in [0.15, 0.2) is 12.2 Å². The molecule has 2 bridgehead atoms. The van der Waals surface area contributed by atoms with Crippen molar-refractivity contribution in [1.82, 2.24) is 0 Å². The maximum atomic E-state index is 5.59. The van der Waals surface area contributed by atoms with Crippen molar-refractivity contribution in [3.63, 3.8) is 0 Å². The zero-order valence-electron chi connectivity index (χ0n) is 6.44. The molecule has 4 rings (SSSR count). The molecule has 6 atom stereocenters. The number of hydrogen-bond donors (Lipinski definition) is 0. The van der Waals surface area contributed by atoms with Crippen molar-refractivity contribution in [2.45, 2.75) is 25.0 Å². The third-order valence-electron chi connectivity index (χ3n) is 4.19. The summed E-state index contributed by atoms with van der Waals surface area (Å²) in [7, 11) is 0. The van der Waals surface area contributed by atoms with E-state index in [0.717, 1.165) is 23.7 Å². The Bertz CT molecular complexity index is 245. The van der Waals surface area contributed by atoms with Gasteiger partial charge in [0.2, 0.25) is 0 Å². The second-order valence-electron chi connectivity index (χ2n) is 4.56. The van der Waals surface area contributed by atoms with Crippen molar-refractivity contribution in [2.24, 2.45) is 23.7 Å². The van der Waals surface area contributed by atoms with Crippen molar-refractivity contribution in [2.75, 3.05) is 0 Å². The lowest BCUT2D eigenvalue weighted by Crippen LogP contribution is -2.19. The third-order valence-corrected chi connectivity index (χ3v) is 4.19. The minimum atomic E-state index is 0.690. The van der Waals surface area contributed by atoms with E-state index >= 15 is 0 Å². The first-order valence-corrected chi connectivity index (χ1v) is 4.77. The normalized spacial score (nSPS) is 68.4. The monoisotopic (exact) mass is 148 g/mol. The lowest BCUT2D eigenvalue weighted by atomic mass is 9.85. The van der Waals surface area contributed by atoms with Gasteiger partial charge in [-0.15, -0.1) is 0 Å². The van der Waals surface area contributed by atoms with Crippen LogP contribution in [0.5, 0.6) is 0 Å². The van der Waals surface area contributed by atoms with Crippen molar-refractivity contribution < 1.29 is 4.74 Å². The smallest absolute Gasteiger partial charge is 0.0878 e. The highest BCUT2D eigenvalue weighted by atomic mass is 16.6. The topological polar surface area (TPSA) is 12.5 Å². The molecule has 0 aromatic carbocycles. The minimum Gasteiger partial charge on any atom is -0.369 e. The second-order valence-corrected chi connectivity index (χ2v) is 4.56. The fraction of sp³-hybridized carbons (Fsp3) is 0.800. The van der Waals surface area contributed by atoms with Crippen LogP contribution in [0, 0.1) is 23.7 Å². The summed E-state index contributed by atoms with van der Waals surface area (Å²) in [5, 5.41) is 0. The summed E-state index contributed by atoms with van der Waals surface area (Å²) in [5.74, 6) is 3.81. The highest BCUT2D eigenvalue weighted by Crippen LogP contribution is 2.61. The SMILES string of the molecule is C1=C[C@H]2C[C@H]1[C@@H]1C[C@@H]3O[C@H]3[C@@H]12. The predicted molar refractivity (Wildman–Crippen MR) is 41.0 cm³/mol. The Morgan fingerprint density at radius 3 is 2.91 bits per heavy atom. The molecule has 0 radical (unpaired) electrons. The summed E-state index contributed by atoms with van der Waals surface area (Å²) in [6.07, 6.45) is 9.10. The van der Waals surface area contributed by atoms with Gasteiger partial charge in [0.1, 0.15) is 0 Å². The molecule has 11 heavy (non-hydrogen) atoms. The molecule has 2 saturated carbocycles. The third kappa shape index (κ3) is 0.478. The van der Waals surface area contributed by atoms with Crippen LogP contribution in [0.3, 0.4) is 0 Å². The first-order chi connectivity index (χ1) is 5.43. The van der Waals surface area contributed by atoms with Gasteiger partial charge in [0.25, 0.3) is 0 Å².